The lowest BCUT2D eigenvalue weighted by atomic mass is 10.3. The molecule has 0 atom stereocenters. The number of nitrogens with zero attached hydrogens (tertiary/aromatic N) is 3. The summed E-state index contributed by atoms with van der Waals surface area (Å²) in [5, 5.41) is 7.07. The molecule has 2 rings (SSSR count). The summed E-state index contributed by atoms with van der Waals surface area (Å²) in [7, 11) is 5.34. The van der Waals surface area contributed by atoms with E-state index in [0.717, 1.165) is 23.2 Å². The average Bonchev–Trinajstić information content (AvgIpc) is 3.09. The third kappa shape index (κ3) is 5.21. The second-order valence-electron chi connectivity index (χ2n) is 4.84. The van der Waals surface area contributed by atoms with Crippen LogP contribution in [0.3, 0.4) is 0 Å². The van der Waals surface area contributed by atoms with Gasteiger partial charge in [0.2, 0.25) is 0 Å². The molecule has 0 aliphatic rings. The lowest BCUT2D eigenvalue weighted by Crippen LogP contribution is -2.40. The third-order valence-electron chi connectivity index (χ3n) is 3.25. The third-order valence-corrected chi connectivity index (χ3v) is 3.25. The molecule has 1 heterocycles. The van der Waals surface area contributed by atoms with Gasteiger partial charge in [0.25, 0.3) is 0 Å². The summed E-state index contributed by atoms with van der Waals surface area (Å²) in [6.45, 7) is 1.81. The molecule has 23 heavy (non-hydrogen) atoms. The molecule has 0 aliphatic carbocycles. The normalized spacial score (nSPS) is 11.2. The maximum atomic E-state index is 5.71. The van der Waals surface area contributed by atoms with Crippen molar-refractivity contribution in [1.29, 1.82) is 0 Å². The Labute approximate surface area is 135 Å². The number of rotatable bonds is 7. The maximum Gasteiger partial charge on any atom is 0.193 e. The molecule has 0 saturated heterocycles. The Kier molecular flexibility index (Phi) is 6.28. The van der Waals surface area contributed by atoms with Crippen molar-refractivity contribution in [2.45, 2.75) is 6.54 Å². The summed E-state index contributed by atoms with van der Waals surface area (Å²) in [5.41, 5.74) is 0.828. The van der Waals surface area contributed by atoms with Crippen LogP contribution in [-0.2, 0) is 6.54 Å². The molecule has 0 unspecified atom stereocenters. The Morgan fingerprint density at radius 3 is 2.61 bits per heavy atom. The first-order valence-corrected chi connectivity index (χ1v) is 7.31. The van der Waals surface area contributed by atoms with Gasteiger partial charge in [-0.1, -0.05) is 5.16 Å². The number of methoxy groups -OCH3 is 1. The molecule has 0 amide bonds. The van der Waals surface area contributed by atoms with E-state index in [1.54, 1.807) is 20.4 Å². The van der Waals surface area contributed by atoms with E-state index < -0.39 is 0 Å². The second-order valence-corrected chi connectivity index (χ2v) is 4.84. The van der Waals surface area contributed by atoms with Gasteiger partial charge < -0.3 is 24.2 Å². The van der Waals surface area contributed by atoms with E-state index in [9.17, 15) is 0 Å². The molecule has 2 aromatic rings. The van der Waals surface area contributed by atoms with Gasteiger partial charge in [-0.25, -0.2) is 0 Å². The van der Waals surface area contributed by atoms with Gasteiger partial charge >= 0.3 is 0 Å². The predicted molar refractivity (Wildman–Crippen MR) is 87.8 cm³/mol. The quantitative estimate of drug-likeness (QED) is 0.620. The predicted octanol–water partition coefficient (Wildman–Crippen LogP) is 1.77. The van der Waals surface area contributed by atoms with Crippen LogP contribution in [0.2, 0.25) is 0 Å². The van der Waals surface area contributed by atoms with Gasteiger partial charge in [0.05, 0.1) is 20.2 Å². The van der Waals surface area contributed by atoms with Crippen molar-refractivity contribution in [3.8, 4) is 11.5 Å². The maximum absolute atomic E-state index is 5.71. The van der Waals surface area contributed by atoms with Gasteiger partial charge in [0, 0.05) is 20.2 Å². The standard InChI is InChI=1S/C16H22N4O3/c1-17-16(18-12-13-8-10-23-19-13)20(2)9-11-22-15-6-4-14(21-3)5-7-15/h4-8,10H,9,11-12H2,1-3H3,(H,17,18). The van der Waals surface area contributed by atoms with E-state index in [-0.39, 0.29) is 0 Å². The van der Waals surface area contributed by atoms with Gasteiger partial charge in [0.15, 0.2) is 5.96 Å². The van der Waals surface area contributed by atoms with Crippen LogP contribution in [0, 0.1) is 0 Å². The summed E-state index contributed by atoms with van der Waals surface area (Å²) in [6.07, 6.45) is 1.55. The van der Waals surface area contributed by atoms with Gasteiger partial charge in [-0.05, 0) is 24.3 Å². The minimum atomic E-state index is 0.549. The Bertz CT molecular complexity index is 596. The van der Waals surface area contributed by atoms with E-state index in [0.29, 0.717) is 19.7 Å². The number of hydrogen-bond acceptors (Lipinski definition) is 5. The Hall–Kier alpha value is -2.70. The molecule has 0 aliphatic heterocycles. The fourth-order valence-electron chi connectivity index (χ4n) is 1.96. The van der Waals surface area contributed by atoms with Crippen molar-refractivity contribution in [3.05, 3.63) is 42.3 Å². The Balaban J connectivity index is 1.74. The monoisotopic (exact) mass is 318 g/mol. The van der Waals surface area contributed by atoms with Crippen LogP contribution in [0.1, 0.15) is 5.69 Å². The summed E-state index contributed by atoms with van der Waals surface area (Å²) in [4.78, 5) is 6.23. The van der Waals surface area contributed by atoms with Crippen LogP contribution >= 0.6 is 0 Å². The van der Waals surface area contributed by atoms with Crippen molar-refractivity contribution in [2.24, 2.45) is 4.99 Å². The molecule has 7 nitrogen and oxygen atoms in total. The van der Waals surface area contributed by atoms with Crippen LogP contribution in [0.15, 0.2) is 46.1 Å². The van der Waals surface area contributed by atoms with Gasteiger partial charge in [-0.2, -0.15) is 0 Å². The van der Waals surface area contributed by atoms with E-state index in [2.05, 4.69) is 15.5 Å². The van der Waals surface area contributed by atoms with Crippen molar-refractivity contribution >= 4 is 5.96 Å². The van der Waals surface area contributed by atoms with Crippen molar-refractivity contribution < 1.29 is 14.0 Å². The van der Waals surface area contributed by atoms with Crippen LogP contribution in [0.4, 0.5) is 0 Å². The number of likely N-dealkylation sites (N-methyl/N-ethyl adjacent to an activating group) is 1. The highest BCUT2D eigenvalue weighted by Gasteiger charge is 2.07. The molecule has 0 radical (unpaired) electrons. The van der Waals surface area contributed by atoms with Crippen LogP contribution in [0.5, 0.6) is 11.5 Å². The number of guanidine groups is 1. The molecular weight excluding hydrogens is 296 g/mol. The zero-order valence-electron chi connectivity index (χ0n) is 13.7. The van der Waals surface area contributed by atoms with Crippen molar-refractivity contribution in [2.75, 3.05) is 34.4 Å². The number of aliphatic imine (C=N–C) groups is 1. The summed E-state index contributed by atoms with van der Waals surface area (Å²) >= 11 is 0. The van der Waals surface area contributed by atoms with E-state index in [1.807, 2.05) is 42.3 Å². The molecule has 1 aromatic heterocycles. The van der Waals surface area contributed by atoms with Crippen LogP contribution in [-0.4, -0.2) is 50.4 Å². The summed E-state index contributed by atoms with van der Waals surface area (Å²) in [5.74, 6) is 2.39. The SMILES string of the molecule is CN=C(NCc1ccon1)N(C)CCOc1ccc(OC)cc1. The van der Waals surface area contributed by atoms with Crippen molar-refractivity contribution in [1.82, 2.24) is 15.4 Å². The minimum absolute atomic E-state index is 0.549. The number of aromatic nitrogens is 1. The van der Waals surface area contributed by atoms with Crippen molar-refractivity contribution in [3.63, 3.8) is 0 Å². The van der Waals surface area contributed by atoms with Gasteiger partial charge in [0.1, 0.15) is 30.1 Å². The topological polar surface area (TPSA) is 72.1 Å². The highest BCUT2D eigenvalue weighted by Crippen LogP contribution is 2.16. The Morgan fingerprint density at radius 1 is 1.26 bits per heavy atom. The molecule has 7 heteroatoms. The average molecular weight is 318 g/mol. The van der Waals surface area contributed by atoms with E-state index in [4.69, 9.17) is 14.0 Å². The largest absolute Gasteiger partial charge is 0.497 e. The number of nitrogens with one attached hydrogen (secondary N) is 1. The summed E-state index contributed by atoms with van der Waals surface area (Å²) in [6, 6.07) is 9.33. The van der Waals surface area contributed by atoms with Gasteiger partial charge in [-0.3, -0.25) is 4.99 Å². The molecule has 1 N–H and O–H groups in total. The molecule has 0 bridgehead atoms. The molecule has 0 fully saturated rings. The zero-order chi connectivity index (χ0) is 16.5. The fourth-order valence-corrected chi connectivity index (χ4v) is 1.96. The lowest BCUT2D eigenvalue weighted by Gasteiger charge is -2.21. The molecule has 1 aromatic carbocycles. The molecule has 0 saturated carbocycles. The van der Waals surface area contributed by atoms with E-state index in [1.165, 1.54) is 0 Å². The minimum Gasteiger partial charge on any atom is -0.497 e. The number of ether oxygens (including phenoxy) is 2. The number of benzene rings is 1. The molecule has 0 spiro atoms. The van der Waals surface area contributed by atoms with Gasteiger partial charge in [-0.15, -0.1) is 0 Å². The highest BCUT2D eigenvalue weighted by atomic mass is 16.5. The first-order chi connectivity index (χ1) is 11.2. The summed E-state index contributed by atoms with van der Waals surface area (Å²) < 4.78 is 15.6. The second kappa shape index (κ2) is 8.67. The first-order valence-electron chi connectivity index (χ1n) is 7.31. The molecule has 124 valence electrons. The Morgan fingerprint density at radius 2 is 2.00 bits per heavy atom. The lowest BCUT2D eigenvalue weighted by molar-refractivity contribution is 0.281. The number of hydrogen-bond donors (Lipinski definition) is 1. The first kappa shape index (κ1) is 16.7. The fraction of sp³-hybridized carbons (Fsp3) is 0.375. The van der Waals surface area contributed by atoms with Crippen LogP contribution < -0.4 is 14.8 Å². The zero-order valence-corrected chi connectivity index (χ0v) is 13.7. The van der Waals surface area contributed by atoms with E-state index >= 15 is 0 Å². The molecular formula is C16H22N4O3. The highest BCUT2D eigenvalue weighted by molar-refractivity contribution is 5.79. The smallest absolute Gasteiger partial charge is 0.193 e. The van der Waals surface area contributed by atoms with Crippen LogP contribution in [0.25, 0.3) is 0 Å².